The quantitative estimate of drug-likeness (QED) is 0.278. The van der Waals surface area contributed by atoms with Crippen LogP contribution in [0.1, 0.15) is 24.2 Å². The van der Waals surface area contributed by atoms with Crippen LogP contribution >= 0.6 is 0 Å². The Morgan fingerprint density at radius 3 is 2.30 bits per heavy atom. The van der Waals surface area contributed by atoms with Crippen LogP contribution in [0.3, 0.4) is 0 Å². The van der Waals surface area contributed by atoms with Crippen LogP contribution in [0.2, 0.25) is 0 Å². The smallest absolute Gasteiger partial charge is 0.303 e. The first-order valence-electron chi connectivity index (χ1n) is 7.08. The molecular formula is C17H21FN2O3. The minimum Gasteiger partial charge on any atom is -0.378 e. The van der Waals surface area contributed by atoms with Gasteiger partial charge in [0.2, 0.25) is 0 Å². The van der Waals surface area contributed by atoms with Crippen LogP contribution in [-0.4, -0.2) is 31.0 Å². The van der Waals surface area contributed by atoms with Crippen molar-refractivity contribution in [3.05, 3.63) is 53.4 Å². The fourth-order valence-corrected chi connectivity index (χ4v) is 2.02. The van der Waals surface area contributed by atoms with Crippen LogP contribution in [0.25, 0.3) is 0 Å². The number of hydroxylamine groups is 1. The first-order valence-corrected chi connectivity index (χ1v) is 7.08. The second-order valence-electron chi connectivity index (χ2n) is 5.44. The minimum atomic E-state index is -1.23. The first kappa shape index (κ1) is 18.6. The third-order valence-electron chi connectivity index (χ3n) is 3.27. The summed E-state index contributed by atoms with van der Waals surface area (Å²) in [5.74, 6) is -2.93. The highest BCUT2D eigenvalue weighted by molar-refractivity contribution is 5.99. The zero-order valence-electron chi connectivity index (χ0n) is 13.6. The van der Waals surface area contributed by atoms with Gasteiger partial charge in [-0.2, -0.15) is 0 Å². The van der Waals surface area contributed by atoms with E-state index in [1.165, 1.54) is 5.48 Å². The molecule has 23 heavy (non-hydrogen) atoms. The number of hydrogen-bond donors (Lipinski definition) is 2. The molecule has 124 valence electrons. The number of carbonyl (C=O) groups excluding carboxylic acids is 2. The van der Waals surface area contributed by atoms with E-state index in [4.69, 9.17) is 5.21 Å². The standard InChI is InChI=1S/C17H21FN2O3/c1-11(10-15(18)17(22)19-23)9-12(2)16(21)13-5-7-14(8-6-13)20(3)4/h5-10,12,23H,1-4H3,(H,19,22)/b11-9+,15-10+/t12-/m1/s1. The van der Waals surface area contributed by atoms with Gasteiger partial charge in [-0.15, -0.1) is 0 Å². The molecule has 0 aliphatic heterocycles. The van der Waals surface area contributed by atoms with Crippen molar-refractivity contribution >= 4 is 17.4 Å². The van der Waals surface area contributed by atoms with Crippen LogP contribution in [0.15, 0.2) is 47.8 Å². The van der Waals surface area contributed by atoms with Gasteiger partial charge in [0.1, 0.15) is 0 Å². The Balaban J connectivity index is 2.87. The van der Waals surface area contributed by atoms with Crippen molar-refractivity contribution in [1.29, 1.82) is 0 Å². The van der Waals surface area contributed by atoms with Crippen molar-refractivity contribution in [2.24, 2.45) is 5.92 Å². The van der Waals surface area contributed by atoms with Gasteiger partial charge in [0, 0.05) is 31.3 Å². The van der Waals surface area contributed by atoms with E-state index in [0.29, 0.717) is 11.1 Å². The Labute approximate surface area is 135 Å². The largest absolute Gasteiger partial charge is 0.378 e. The molecule has 0 fully saturated rings. The fraction of sp³-hybridized carbons (Fsp3) is 0.294. The highest BCUT2D eigenvalue weighted by Crippen LogP contribution is 2.17. The number of benzene rings is 1. The number of halogens is 1. The van der Waals surface area contributed by atoms with Gasteiger partial charge in [0.05, 0.1) is 0 Å². The zero-order valence-corrected chi connectivity index (χ0v) is 13.6. The van der Waals surface area contributed by atoms with Crippen LogP contribution in [0.4, 0.5) is 10.1 Å². The Morgan fingerprint density at radius 1 is 1.26 bits per heavy atom. The maximum absolute atomic E-state index is 13.3. The molecule has 0 spiro atoms. The van der Waals surface area contributed by atoms with E-state index in [2.05, 4.69) is 0 Å². The lowest BCUT2D eigenvalue weighted by molar-refractivity contribution is -0.126. The predicted molar refractivity (Wildman–Crippen MR) is 87.1 cm³/mol. The van der Waals surface area contributed by atoms with Gasteiger partial charge in [-0.05, 0) is 37.3 Å². The van der Waals surface area contributed by atoms with Crippen molar-refractivity contribution in [2.75, 3.05) is 19.0 Å². The maximum atomic E-state index is 13.3. The number of Topliss-reactive ketones (excluding diaryl/α,β-unsaturated/α-hetero) is 1. The number of hydrogen-bond acceptors (Lipinski definition) is 4. The summed E-state index contributed by atoms with van der Waals surface area (Å²) in [5.41, 5.74) is 3.17. The molecule has 1 aromatic rings. The number of allylic oxidation sites excluding steroid dienone is 3. The number of amides is 1. The van der Waals surface area contributed by atoms with Crippen LogP contribution in [0.5, 0.6) is 0 Å². The van der Waals surface area contributed by atoms with Gasteiger partial charge in [0.15, 0.2) is 11.6 Å². The molecule has 0 saturated carbocycles. The second-order valence-corrected chi connectivity index (χ2v) is 5.44. The highest BCUT2D eigenvalue weighted by Gasteiger charge is 2.14. The van der Waals surface area contributed by atoms with Gasteiger partial charge in [-0.25, -0.2) is 9.87 Å². The van der Waals surface area contributed by atoms with Gasteiger partial charge >= 0.3 is 5.91 Å². The molecule has 6 heteroatoms. The molecule has 0 aliphatic carbocycles. The topological polar surface area (TPSA) is 69.6 Å². The number of nitrogens with one attached hydrogen (secondary N) is 1. The lowest BCUT2D eigenvalue weighted by Gasteiger charge is -2.13. The van der Waals surface area contributed by atoms with Crippen LogP contribution in [-0.2, 0) is 4.79 Å². The molecule has 1 amide bonds. The van der Waals surface area contributed by atoms with Gasteiger partial charge in [-0.1, -0.05) is 18.6 Å². The fourth-order valence-electron chi connectivity index (χ4n) is 2.02. The molecule has 2 N–H and O–H groups in total. The number of ketones is 1. The summed E-state index contributed by atoms with van der Waals surface area (Å²) in [5, 5.41) is 8.34. The summed E-state index contributed by atoms with van der Waals surface area (Å²) in [6.07, 6.45) is 2.52. The summed E-state index contributed by atoms with van der Waals surface area (Å²) in [6.45, 7) is 3.27. The molecule has 1 atom stereocenters. The van der Waals surface area contributed by atoms with Crippen molar-refractivity contribution in [3.63, 3.8) is 0 Å². The lowest BCUT2D eigenvalue weighted by atomic mass is 9.97. The molecule has 5 nitrogen and oxygen atoms in total. The van der Waals surface area contributed by atoms with Gasteiger partial charge in [-0.3, -0.25) is 14.8 Å². The van der Waals surface area contributed by atoms with Crippen molar-refractivity contribution < 1.29 is 19.2 Å². The van der Waals surface area contributed by atoms with Crippen molar-refractivity contribution in [2.45, 2.75) is 13.8 Å². The van der Waals surface area contributed by atoms with E-state index in [-0.39, 0.29) is 5.78 Å². The molecule has 0 unspecified atom stereocenters. The van der Waals surface area contributed by atoms with Crippen LogP contribution < -0.4 is 10.4 Å². The summed E-state index contributed by atoms with van der Waals surface area (Å²) >= 11 is 0. The summed E-state index contributed by atoms with van der Waals surface area (Å²) in [6, 6.07) is 7.18. The summed E-state index contributed by atoms with van der Waals surface area (Å²) < 4.78 is 13.3. The van der Waals surface area contributed by atoms with E-state index >= 15 is 0 Å². The molecular weight excluding hydrogens is 299 g/mol. The van der Waals surface area contributed by atoms with E-state index < -0.39 is 17.7 Å². The van der Waals surface area contributed by atoms with Gasteiger partial charge in [0.25, 0.3) is 0 Å². The Morgan fingerprint density at radius 2 is 1.83 bits per heavy atom. The normalized spacial score (nSPS) is 13.5. The number of rotatable bonds is 6. The highest BCUT2D eigenvalue weighted by atomic mass is 19.1. The van der Waals surface area contributed by atoms with E-state index in [0.717, 1.165) is 11.8 Å². The Hall–Kier alpha value is -2.47. The Kier molecular flexibility index (Phi) is 6.65. The number of nitrogens with zero attached hydrogens (tertiary/aromatic N) is 1. The second kappa shape index (κ2) is 8.24. The summed E-state index contributed by atoms with van der Waals surface area (Å²) in [4.78, 5) is 25.2. The molecule has 1 aromatic carbocycles. The predicted octanol–water partition coefficient (Wildman–Crippen LogP) is 2.88. The Bertz CT molecular complexity index is 634. The molecule has 1 rings (SSSR count). The number of carbonyl (C=O) groups is 2. The average molecular weight is 320 g/mol. The first-order chi connectivity index (χ1) is 10.8. The monoisotopic (exact) mass is 320 g/mol. The van der Waals surface area contributed by atoms with Crippen molar-refractivity contribution in [1.82, 2.24) is 5.48 Å². The maximum Gasteiger partial charge on any atom is 0.303 e. The third kappa shape index (κ3) is 5.34. The van der Waals surface area contributed by atoms with Gasteiger partial charge < -0.3 is 4.90 Å². The van der Waals surface area contributed by atoms with Crippen molar-refractivity contribution in [3.8, 4) is 0 Å². The minimum absolute atomic E-state index is 0.102. The third-order valence-corrected chi connectivity index (χ3v) is 3.27. The average Bonchev–Trinajstić information content (AvgIpc) is 2.52. The molecule has 0 aliphatic rings. The van der Waals surface area contributed by atoms with E-state index in [9.17, 15) is 14.0 Å². The molecule has 0 heterocycles. The van der Waals surface area contributed by atoms with E-state index in [1.54, 1.807) is 32.1 Å². The molecule has 0 bridgehead atoms. The summed E-state index contributed by atoms with van der Waals surface area (Å²) in [7, 11) is 3.82. The molecule has 0 saturated heterocycles. The number of anilines is 1. The van der Waals surface area contributed by atoms with Crippen LogP contribution in [0, 0.1) is 5.92 Å². The zero-order chi connectivity index (χ0) is 17.6. The SMILES string of the molecule is CC(=C\[C@@H](C)C(=O)c1ccc(N(C)C)cc1)/C=C(/F)C(=O)NO. The molecule has 0 radical (unpaired) electrons. The lowest BCUT2D eigenvalue weighted by Crippen LogP contribution is -2.18. The van der Waals surface area contributed by atoms with E-state index in [1.807, 2.05) is 31.1 Å². The molecule has 0 aromatic heterocycles.